The molecule has 2 fully saturated rings. The SMILES string of the molecule is CC(=O)c1nn2c3c(cc(-c4cnc(C)nc4)cc13)CCCCCCC(=O)NC[C@@]13C[C@@H](C(=O)NCc4cccc(Cl)c4F)N(C(=O)C2)C1[C@@H]3C. The van der Waals surface area contributed by atoms with Crippen molar-refractivity contribution >= 4 is 46.0 Å². The minimum Gasteiger partial charge on any atom is -0.355 e. The van der Waals surface area contributed by atoms with E-state index in [1.54, 1.807) is 34.1 Å². The average molecular weight is 714 g/mol. The first-order chi connectivity index (χ1) is 24.5. The molecule has 11 nitrogen and oxygen atoms in total. The minimum absolute atomic E-state index is 0.0343. The van der Waals surface area contributed by atoms with E-state index in [9.17, 15) is 23.6 Å². The van der Waals surface area contributed by atoms with Gasteiger partial charge in [0.05, 0.1) is 10.5 Å². The zero-order valence-corrected chi connectivity index (χ0v) is 29.7. The minimum atomic E-state index is -0.849. The summed E-state index contributed by atoms with van der Waals surface area (Å²) in [5, 5.41) is 11.2. The molecule has 2 aromatic heterocycles. The van der Waals surface area contributed by atoms with Crippen molar-refractivity contribution in [2.75, 3.05) is 6.54 Å². The van der Waals surface area contributed by atoms with Gasteiger partial charge in [-0.3, -0.25) is 23.9 Å². The van der Waals surface area contributed by atoms with E-state index in [2.05, 4.69) is 26.7 Å². The van der Waals surface area contributed by atoms with Crippen molar-refractivity contribution < 1.29 is 23.6 Å². The zero-order chi connectivity index (χ0) is 36.0. The number of nitrogens with one attached hydrogen (secondary N) is 2. The topological polar surface area (TPSA) is 139 Å². The zero-order valence-electron chi connectivity index (χ0n) is 29.0. The standard InChI is InChI=1S/C38H41ClFN7O4/c1-21-36-38(21)15-30(37(51)43-16-25-10-8-11-29(39)33(25)40)47(36)32(50)19-46-35-24(9-6-4-5-7-12-31(49)44-20-38)13-26(27-17-41-23(3)42-18-27)14-28(35)34(45-46)22(2)48/h8,10-11,13-14,17-18,21,30,36H,4-7,9,12,15-16,19-20H2,1-3H3,(H,43,51)(H,44,49)/t21-,30-,36?,38+/m0/s1. The van der Waals surface area contributed by atoms with Crippen molar-refractivity contribution in [3.05, 3.63) is 76.2 Å². The van der Waals surface area contributed by atoms with E-state index in [0.717, 1.165) is 42.4 Å². The van der Waals surface area contributed by atoms with Crippen molar-refractivity contribution in [2.24, 2.45) is 11.3 Å². The number of benzene rings is 2. The van der Waals surface area contributed by atoms with Gasteiger partial charge in [0, 0.05) is 66.8 Å². The Bertz CT molecular complexity index is 2050. The van der Waals surface area contributed by atoms with Crippen LogP contribution < -0.4 is 10.6 Å². The smallest absolute Gasteiger partial charge is 0.245 e. The van der Waals surface area contributed by atoms with Gasteiger partial charge in [0.15, 0.2) is 5.78 Å². The lowest BCUT2D eigenvalue weighted by molar-refractivity contribution is -0.140. The Hall–Kier alpha value is -4.71. The molecule has 2 N–H and O–H groups in total. The van der Waals surface area contributed by atoms with Gasteiger partial charge < -0.3 is 15.5 Å². The van der Waals surface area contributed by atoms with E-state index >= 15 is 0 Å². The summed E-state index contributed by atoms with van der Waals surface area (Å²) >= 11 is 5.97. The molecule has 2 aliphatic heterocycles. The van der Waals surface area contributed by atoms with E-state index in [1.165, 1.54) is 13.0 Å². The van der Waals surface area contributed by atoms with Gasteiger partial charge in [0.1, 0.15) is 29.9 Å². The van der Waals surface area contributed by atoms with Crippen LogP contribution >= 0.6 is 11.6 Å². The number of hydrogen-bond acceptors (Lipinski definition) is 7. The Morgan fingerprint density at radius 3 is 2.57 bits per heavy atom. The summed E-state index contributed by atoms with van der Waals surface area (Å²) in [6.07, 6.45) is 8.29. The monoisotopic (exact) mass is 713 g/mol. The molecule has 7 rings (SSSR count). The van der Waals surface area contributed by atoms with Gasteiger partial charge in [0.2, 0.25) is 17.7 Å². The van der Waals surface area contributed by atoms with Gasteiger partial charge in [-0.05, 0) is 67.9 Å². The molecule has 4 atom stereocenters. The summed E-state index contributed by atoms with van der Waals surface area (Å²) < 4.78 is 16.3. The summed E-state index contributed by atoms with van der Waals surface area (Å²) in [4.78, 5) is 64.7. The van der Waals surface area contributed by atoms with Crippen molar-refractivity contribution in [1.82, 2.24) is 35.3 Å². The molecule has 3 aliphatic rings. The molecule has 1 aliphatic carbocycles. The Kier molecular flexibility index (Phi) is 9.38. The molecule has 1 unspecified atom stereocenters. The first kappa shape index (κ1) is 34.7. The number of Topliss-reactive ketones (excluding diaryl/α,β-unsaturated/α-hetero) is 1. The highest BCUT2D eigenvalue weighted by molar-refractivity contribution is 6.30. The number of halogens is 2. The fourth-order valence-electron chi connectivity index (χ4n) is 8.21. The van der Waals surface area contributed by atoms with Crippen molar-refractivity contribution in [1.29, 1.82) is 0 Å². The van der Waals surface area contributed by atoms with Crippen LogP contribution in [0.5, 0.6) is 0 Å². The van der Waals surface area contributed by atoms with Crippen LogP contribution in [0.2, 0.25) is 5.02 Å². The largest absolute Gasteiger partial charge is 0.355 e. The Balaban J connectivity index is 1.27. The number of aryl methyl sites for hydroxylation is 2. The van der Waals surface area contributed by atoms with E-state index in [-0.39, 0.29) is 58.9 Å². The second-order valence-corrected chi connectivity index (χ2v) is 14.6. The lowest BCUT2D eigenvalue weighted by Crippen LogP contribution is -2.49. The van der Waals surface area contributed by atoms with E-state index in [1.807, 2.05) is 19.9 Å². The molecule has 0 radical (unpaired) electrons. The number of rotatable bonds is 5. The number of amides is 3. The predicted octanol–water partition coefficient (Wildman–Crippen LogP) is 5.34. The first-order valence-electron chi connectivity index (χ1n) is 17.6. The van der Waals surface area contributed by atoms with Crippen molar-refractivity contribution in [3.63, 3.8) is 0 Å². The van der Waals surface area contributed by atoms with Crippen LogP contribution in [0.15, 0.2) is 42.7 Å². The number of carbonyl (C=O) groups is 4. The molecule has 3 amide bonds. The highest BCUT2D eigenvalue weighted by atomic mass is 35.5. The Morgan fingerprint density at radius 1 is 1.08 bits per heavy atom. The second kappa shape index (κ2) is 13.8. The second-order valence-electron chi connectivity index (χ2n) is 14.2. The number of carbonyl (C=O) groups excluding carboxylic acids is 4. The van der Waals surface area contributed by atoms with E-state index in [4.69, 9.17) is 16.7 Å². The maximum absolute atomic E-state index is 14.7. The van der Waals surface area contributed by atoms with Crippen LogP contribution in [0.4, 0.5) is 4.39 Å². The first-order valence-corrected chi connectivity index (χ1v) is 18.0. The predicted molar refractivity (Wildman–Crippen MR) is 189 cm³/mol. The maximum Gasteiger partial charge on any atom is 0.245 e. The van der Waals surface area contributed by atoms with E-state index < -0.39 is 23.2 Å². The van der Waals surface area contributed by atoms with Crippen LogP contribution in [-0.4, -0.2) is 66.8 Å². The molecule has 1 saturated heterocycles. The lowest BCUT2D eigenvalue weighted by atomic mass is 9.95. The van der Waals surface area contributed by atoms with Crippen LogP contribution in [0, 0.1) is 24.1 Å². The quantitative estimate of drug-likeness (QED) is 0.266. The molecule has 13 heteroatoms. The number of aromatic nitrogens is 4. The van der Waals surface area contributed by atoms with Gasteiger partial charge in [0.25, 0.3) is 0 Å². The normalized spacial score (nSPS) is 23.8. The summed E-state index contributed by atoms with van der Waals surface area (Å²) in [7, 11) is 0. The van der Waals surface area contributed by atoms with Crippen LogP contribution in [0.3, 0.4) is 0 Å². The molecular formula is C38H41ClFN7O4. The average Bonchev–Trinajstić information content (AvgIpc) is 3.36. The van der Waals surface area contributed by atoms with E-state index in [0.29, 0.717) is 42.5 Å². The Labute approximate surface area is 300 Å². The van der Waals surface area contributed by atoms with Crippen molar-refractivity contribution in [2.45, 2.75) is 90.9 Å². The molecule has 4 heterocycles. The highest BCUT2D eigenvalue weighted by Crippen LogP contribution is 2.64. The number of piperidine rings is 1. The third-order valence-electron chi connectivity index (χ3n) is 11.0. The molecular weight excluding hydrogens is 673 g/mol. The third-order valence-corrected chi connectivity index (χ3v) is 11.3. The molecule has 4 aromatic rings. The molecule has 0 spiro atoms. The van der Waals surface area contributed by atoms with Gasteiger partial charge in [-0.15, -0.1) is 0 Å². The molecule has 2 bridgehead atoms. The van der Waals surface area contributed by atoms with Crippen LogP contribution in [-0.2, 0) is 33.9 Å². The molecule has 51 heavy (non-hydrogen) atoms. The number of hydrogen-bond donors (Lipinski definition) is 2. The fourth-order valence-corrected chi connectivity index (χ4v) is 8.41. The summed E-state index contributed by atoms with van der Waals surface area (Å²) in [5.41, 5.74) is 3.31. The third kappa shape index (κ3) is 6.50. The highest BCUT2D eigenvalue weighted by Gasteiger charge is 2.72. The number of nitrogens with zero attached hydrogens (tertiary/aromatic N) is 5. The maximum atomic E-state index is 14.7. The number of ketones is 1. The molecule has 2 aromatic carbocycles. The molecule has 1 saturated carbocycles. The van der Waals surface area contributed by atoms with Gasteiger partial charge in [-0.25, -0.2) is 14.4 Å². The van der Waals surface area contributed by atoms with Gasteiger partial charge in [-0.2, -0.15) is 5.10 Å². The summed E-state index contributed by atoms with van der Waals surface area (Å²) in [6.45, 7) is 5.38. The fraction of sp³-hybridized carbons (Fsp3) is 0.447. The summed E-state index contributed by atoms with van der Waals surface area (Å²) in [5.74, 6) is -0.933. The van der Waals surface area contributed by atoms with Crippen LogP contribution in [0.1, 0.15) is 79.8 Å². The van der Waals surface area contributed by atoms with Gasteiger partial charge in [-0.1, -0.05) is 43.5 Å². The Morgan fingerprint density at radius 2 is 1.82 bits per heavy atom. The van der Waals surface area contributed by atoms with Crippen LogP contribution in [0.25, 0.3) is 22.0 Å². The lowest BCUT2D eigenvalue weighted by Gasteiger charge is -2.28. The van der Waals surface area contributed by atoms with Crippen molar-refractivity contribution in [3.8, 4) is 11.1 Å². The van der Waals surface area contributed by atoms with Gasteiger partial charge >= 0.3 is 0 Å². The summed E-state index contributed by atoms with van der Waals surface area (Å²) in [6, 6.07) is 7.43. The molecule has 266 valence electrons.